The second kappa shape index (κ2) is 9.84. The smallest absolute Gasteiger partial charge is 0.244 e. The van der Waals surface area contributed by atoms with Crippen molar-refractivity contribution in [3.8, 4) is 5.75 Å². The van der Waals surface area contributed by atoms with Crippen molar-refractivity contribution in [3.05, 3.63) is 93.5 Å². The Balaban J connectivity index is 1.73. The molecule has 0 aliphatic carbocycles. The molecular formula is C28H32N2O4S. The van der Waals surface area contributed by atoms with Gasteiger partial charge in [-0.15, -0.1) is 0 Å². The van der Waals surface area contributed by atoms with Gasteiger partial charge in [0.25, 0.3) is 0 Å². The van der Waals surface area contributed by atoms with Gasteiger partial charge in [0.15, 0.2) is 0 Å². The minimum absolute atomic E-state index is 0.150. The van der Waals surface area contributed by atoms with Gasteiger partial charge in [-0.2, -0.15) is 4.31 Å². The maximum atomic E-state index is 14.2. The van der Waals surface area contributed by atoms with Gasteiger partial charge in [-0.25, -0.2) is 8.42 Å². The molecule has 1 aliphatic heterocycles. The van der Waals surface area contributed by atoms with Crippen molar-refractivity contribution in [2.75, 3.05) is 7.11 Å². The topological polar surface area (TPSA) is 75.7 Å². The summed E-state index contributed by atoms with van der Waals surface area (Å²) in [5.41, 5.74) is 6.02. The number of hydrogen-bond donors (Lipinski definition) is 1. The van der Waals surface area contributed by atoms with Gasteiger partial charge < -0.3 is 10.1 Å². The molecule has 0 spiro atoms. The molecule has 184 valence electrons. The molecule has 1 N–H and O–H groups in total. The molecule has 1 amide bonds. The lowest BCUT2D eigenvalue weighted by Gasteiger charge is -2.36. The molecule has 1 aliphatic rings. The van der Waals surface area contributed by atoms with E-state index in [1.807, 2.05) is 82.3 Å². The van der Waals surface area contributed by atoms with E-state index in [2.05, 4.69) is 5.32 Å². The number of ether oxygens (including phenoxy) is 1. The number of para-hydroxylation sites is 1. The minimum Gasteiger partial charge on any atom is -0.496 e. The van der Waals surface area contributed by atoms with E-state index in [4.69, 9.17) is 4.74 Å². The number of aryl methyl sites for hydroxylation is 2. The third-order valence-electron chi connectivity index (χ3n) is 7.02. The number of methoxy groups -OCH3 is 1. The molecule has 7 heteroatoms. The Morgan fingerprint density at radius 2 is 1.57 bits per heavy atom. The van der Waals surface area contributed by atoms with E-state index < -0.39 is 16.1 Å². The second-order valence-electron chi connectivity index (χ2n) is 9.16. The van der Waals surface area contributed by atoms with Crippen molar-refractivity contribution in [1.82, 2.24) is 9.62 Å². The predicted molar refractivity (Wildman–Crippen MR) is 137 cm³/mol. The molecule has 0 saturated heterocycles. The highest BCUT2D eigenvalue weighted by atomic mass is 32.2. The molecule has 0 radical (unpaired) electrons. The summed E-state index contributed by atoms with van der Waals surface area (Å²) in [4.78, 5) is 13.8. The Labute approximate surface area is 208 Å². The largest absolute Gasteiger partial charge is 0.496 e. The molecular weight excluding hydrogens is 460 g/mol. The number of rotatable bonds is 6. The van der Waals surface area contributed by atoms with Gasteiger partial charge in [0.05, 0.1) is 12.0 Å². The van der Waals surface area contributed by atoms with Crippen LogP contribution in [-0.2, 0) is 34.3 Å². The molecule has 35 heavy (non-hydrogen) atoms. The van der Waals surface area contributed by atoms with Crippen LogP contribution in [0.4, 0.5) is 0 Å². The van der Waals surface area contributed by atoms with Crippen molar-refractivity contribution < 1.29 is 17.9 Å². The number of carbonyl (C=O) groups excluding carboxylic acids is 1. The highest BCUT2D eigenvalue weighted by molar-refractivity contribution is 7.89. The Kier molecular flexibility index (Phi) is 7.01. The van der Waals surface area contributed by atoms with Crippen LogP contribution in [0.2, 0.25) is 0 Å². The van der Waals surface area contributed by atoms with Crippen LogP contribution in [0.5, 0.6) is 5.75 Å². The number of hydrogen-bond acceptors (Lipinski definition) is 4. The standard InChI is InChI=1S/C28H32N2O4S/c1-18-14-19(2)21(4)27(20(18)3)35(32,33)30-17-24-12-7-6-10-22(24)15-25(30)28(31)29-16-23-11-8-9-13-26(23)34-5/h6-14,25H,15-17H2,1-5H3,(H,29,31)/t25-/m1/s1. The zero-order chi connectivity index (χ0) is 25.3. The van der Waals surface area contributed by atoms with E-state index in [9.17, 15) is 13.2 Å². The van der Waals surface area contributed by atoms with E-state index in [1.54, 1.807) is 7.11 Å². The zero-order valence-electron chi connectivity index (χ0n) is 20.9. The molecule has 0 fully saturated rings. The summed E-state index contributed by atoms with van der Waals surface area (Å²) in [5, 5.41) is 2.95. The van der Waals surface area contributed by atoms with Crippen LogP contribution in [-0.4, -0.2) is 31.8 Å². The van der Waals surface area contributed by atoms with Crippen molar-refractivity contribution in [2.24, 2.45) is 0 Å². The van der Waals surface area contributed by atoms with E-state index in [0.29, 0.717) is 17.1 Å². The number of sulfonamides is 1. The molecule has 3 aromatic carbocycles. The minimum atomic E-state index is -3.95. The van der Waals surface area contributed by atoms with E-state index in [-0.39, 0.29) is 19.0 Å². The van der Waals surface area contributed by atoms with Crippen LogP contribution in [0.3, 0.4) is 0 Å². The highest BCUT2D eigenvalue weighted by Crippen LogP contribution is 2.34. The first-order valence-corrected chi connectivity index (χ1v) is 13.1. The Bertz CT molecular complexity index is 1360. The molecule has 1 atom stereocenters. The zero-order valence-corrected chi connectivity index (χ0v) is 21.7. The normalized spacial score (nSPS) is 16.0. The molecule has 4 rings (SSSR count). The van der Waals surface area contributed by atoms with Crippen molar-refractivity contribution in [2.45, 2.75) is 58.1 Å². The van der Waals surface area contributed by atoms with Gasteiger partial charge >= 0.3 is 0 Å². The molecule has 1 heterocycles. The number of nitrogens with one attached hydrogen (secondary N) is 1. The average molecular weight is 493 g/mol. The number of amides is 1. The second-order valence-corrected chi connectivity index (χ2v) is 11.0. The summed E-state index contributed by atoms with van der Waals surface area (Å²) in [6.45, 7) is 7.91. The van der Waals surface area contributed by atoms with Crippen molar-refractivity contribution >= 4 is 15.9 Å². The number of nitrogens with zero attached hydrogens (tertiary/aromatic N) is 1. The molecule has 0 unspecified atom stereocenters. The fourth-order valence-electron chi connectivity index (χ4n) is 4.81. The lowest BCUT2D eigenvalue weighted by atomic mass is 9.95. The van der Waals surface area contributed by atoms with Gasteiger partial charge in [0.1, 0.15) is 11.8 Å². The maximum Gasteiger partial charge on any atom is 0.244 e. The fraction of sp³-hybridized carbons (Fsp3) is 0.321. The first-order chi connectivity index (χ1) is 16.6. The maximum absolute atomic E-state index is 14.2. The highest BCUT2D eigenvalue weighted by Gasteiger charge is 2.41. The van der Waals surface area contributed by atoms with Gasteiger partial charge in [0.2, 0.25) is 15.9 Å². The average Bonchev–Trinajstić information content (AvgIpc) is 2.85. The van der Waals surface area contributed by atoms with Gasteiger partial charge in [-0.1, -0.05) is 48.5 Å². The third-order valence-corrected chi connectivity index (χ3v) is 9.15. The first-order valence-electron chi connectivity index (χ1n) is 11.7. The van der Waals surface area contributed by atoms with Gasteiger partial charge in [-0.3, -0.25) is 4.79 Å². The summed E-state index contributed by atoms with van der Waals surface area (Å²) in [6.07, 6.45) is 0.316. The molecule has 3 aromatic rings. The third kappa shape index (κ3) is 4.70. The number of carbonyl (C=O) groups is 1. The Hall–Kier alpha value is -3.16. The number of benzene rings is 3. The van der Waals surface area contributed by atoms with Gasteiger partial charge in [-0.05, 0) is 73.6 Å². The monoisotopic (exact) mass is 492 g/mol. The summed E-state index contributed by atoms with van der Waals surface area (Å²) in [7, 11) is -2.37. The lowest BCUT2D eigenvalue weighted by molar-refractivity contribution is -0.125. The molecule has 0 bridgehead atoms. The van der Waals surface area contributed by atoms with E-state index in [1.165, 1.54) is 4.31 Å². The van der Waals surface area contributed by atoms with Crippen molar-refractivity contribution in [1.29, 1.82) is 0 Å². The van der Waals surface area contributed by atoms with Crippen LogP contribution < -0.4 is 10.1 Å². The summed E-state index contributed by atoms with van der Waals surface area (Å²) < 4.78 is 35.1. The lowest BCUT2D eigenvalue weighted by Crippen LogP contribution is -2.52. The van der Waals surface area contributed by atoms with E-state index >= 15 is 0 Å². The Morgan fingerprint density at radius 1 is 0.971 bits per heavy atom. The van der Waals surface area contributed by atoms with Crippen LogP contribution in [0.25, 0.3) is 0 Å². The van der Waals surface area contributed by atoms with Gasteiger partial charge in [0, 0.05) is 18.7 Å². The quantitative estimate of drug-likeness (QED) is 0.555. The predicted octanol–water partition coefficient (Wildman–Crippen LogP) is 4.36. The Morgan fingerprint density at radius 3 is 2.23 bits per heavy atom. The number of fused-ring (bicyclic) bond motifs is 1. The van der Waals surface area contributed by atoms with Crippen LogP contribution >= 0.6 is 0 Å². The molecule has 0 saturated carbocycles. The first kappa shape index (κ1) is 24.9. The SMILES string of the molecule is COc1ccccc1CNC(=O)[C@H]1Cc2ccccc2CN1S(=O)(=O)c1c(C)c(C)cc(C)c1C. The summed E-state index contributed by atoms with van der Waals surface area (Å²) in [5.74, 6) is 0.349. The van der Waals surface area contributed by atoms with Crippen LogP contribution in [0, 0.1) is 27.7 Å². The van der Waals surface area contributed by atoms with Crippen LogP contribution in [0.1, 0.15) is 38.9 Å². The molecule has 0 aromatic heterocycles. The van der Waals surface area contributed by atoms with Crippen LogP contribution in [0.15, 0.2) is 59.5 Å². The van der Waals surface area contributed by atoms with Crippen molar-refractivity contribution in [3.63, 3.8) is 0 Å². The summed E-state index contributed by atoms with van der Waals surface area (Å²) in [6, 6.07) is 16.3. The molecule has 6 nitrogen and oxygen atoms in total. The van der Waals surface area contributed by atoms with E-state index in [0.717, 1.165) is 38.9 Å². The summed E-state index contributed by atoms with van der Waals surface area (Å²) >= 11 is 0. The fourth-order valence-corrected chi connectivity index (χ4v) is 6.95.